The van der Waals surface area contributed by atoms with E-state index in [9.17, 15) is 18.0 Å². The fourth-order valence-corrected chi connectivity index (χ4v) is 4.07. The van der Waals surface area contributed by atoms with E-state index in [0.29, 0.717) is 24.4 Å². The SMILES string of the molecule is COC(=O)[C@@]12COC[C@@H]1CN(C(=O)c1ccc(N(C)S(C)(=O)=O)cc1)C2.Cl. The van der Waals surface area contributed by atoms with E-state index in [4.69, 9.17) is 9.47 Å². The van der Waals surface area contributed by atoms with Crippen molar-refractivity contribution < 1.29 is 27.5 Å². The number of benzene rings is 1. The van der Waals surface area contributed by atoms with Gasteiger partial charge in [-0.2, -0.15) is 0 Å². The maximum absolute atomic E-state index is 12.8. The lowest BCUT2D eigenvalue weighted by atomic mass is 9.81. The Morgan fingerprint density at radius 2 is 1.93 bits per heavy atom. The van der Waals surface area contributed by atoms with Gasteiger partial charge < -0.3 is 14.4 Å². The number of likely N-dealkylation sites (tertiary alicyclic amines) is 1. The van der Waals surface area contributed by atoms with Crippen LogP contribution < -0.4 is 4.31 Å². The summed E-state index contributed by atoms with van der Waals surface area (Å²) in [5, 5.41) is 0. The third kappa shape index (κ3) is 3.76. The average Bonchev–Trinajstić information content (AvgIpc) is 3.17. The second kappa shape index (κ2) is 7.65. The normalized spacial score (nSPS) is 24.1. The van der Waals surface area contributed by atoms with E-state index in [1.165, 1.54) is 14.2 Å². The molecule has 0 N–H and O–H groups in total. The number of sulfonamides is 1. The number of anilines is 1. The number of amides is 1. The maximum Gasteiger partial charge on any atom is 0.316 e. The fourth-order valence-electron chi connectivity index (χ4n) is 3.57. The third-order valence-electron chi connectivity index (χ3n) is 5.23. The van der Waals surface area contributed by atoms with Crippen molar-refractivity contribution in [1.82, 2.24) is 4.90 Å². The van der Waals surface area contributed by atoms with Gasteiger partial charge in [0.2, 0.25) is 10.0 Å². The number of esters is 1. The molecule has 0 spiro atoms. The maximum atomic E-state index is 12.8. The highest BCUT2D eigenvalue weighted by Gasteiger charge is 2.57. The van der Waals surface area contributed by atoms with E-state index >= 15 is 0 Å². The second-order valence-electron chi connectivity index (χ2n) is 6.82. The molecular formula is C17H23ClN2O6S. The highest BCUT2D eigenvalue weighted by atomic mass is 35.5. The van der Waals surface area contributed by atoms with Gasteiger partial charge in [-0.15, -0.1) is 12.4 Å². The van der Waals surface area contributed by atoms with Crippen LogP contribution in [0.15, 0.2) is 24.3 Å². The van der Waals surface area contributed by atoms with Crippen LogP contribution >= 0.6 is 12.4 Å². The van der Waals surface area contributed by atoms with Crippen LogP contribution in [0, 0.1) is 11.3 Å². The van der Waals surface area contributed by atoms with E-state index in [1.54, 1.807) is 29.2 Å². The molecule has 0 radical (unpaired) electrons. The van der Waals surface area contributed by atoms with Gasteiger partial charge in [-0.05, 0) is 24.3 Å². The van der Waals surface area contributed by atoms with Crippen LogP contribution in [0.2, 0.25) is 0 Å². The summed E-state index contributed by atoms with van der Waals surface area (Å²) in [6.45, 7) is 1.37. The van der Waals surface area contributed by atoms with Gasteiger partial charge in [0.1, 0.15) is 5.41 Å². The second-order valence-corrected chi connectivity index (χ2v) is 8.84. The molecule has 0 aliphatic carbocycles. The first kappa shape index (κ1) is 21.5. The molecule has 1 aromatic rings. The van der Waals surface area contributed by atoms with Crippen molar-refractivity contribution in [1.29, 1.82) is 0 Å². The molecule has 2 fully saturated rings. The van der Waals surface area contributed by atoms with Crippen LogP contribution in [-0.4, -0.2) is 71.9 Å². The molecule has 2 aliphatic rings. The van der Waals surface area contributed by atoms with E-state index in [1.807, 2.05) is 0 Å². The topological polar surface area (TPSA) is 93.2 Å². The molecule has 150 valence electrons. The summed E-state index contributed by atoms with van der Waals surface area (Å²) >= 11 is 0. The number of methoxy groups -OCH3 is 1. The first-order valence-corrected chi connectivity index (χ1v) is 10.0. The Balaban J connectivity index is 0.00000261. The fraction of sp³-hybridized carbons (Fsp3) is 0.529. The molecular weight excluding hydrogens is 396 g/mol. The van der Waals surface area contributed by atoms with Crippen molar-refractivity contribution in [2.45, 2.75) is 0 Å². The summed E-state index contributed by atoms with van der Waals surface area (Å²) in [5.74, 6) is -0.619. The van der Waals surface area contributed by atoms with E-state index < -0.39 is 15.4 Å². The molecule has 3 rings (SSSR count). The molecule has 0 saturated carbocycles. The zero-order valence-electron chi connectivity index (χ0n) is 15.4. The molecule has 1 aromatic carbocycles. The van der Waals surface area contributed by atoms with Gasteiger partial charge >= 0.3 is 5.97 Å². The zero-order chi connectivity index (χ0) is 19.1. The van der Waals surface area contributed by atoms with Crippen molar-refractivity contribution in [3.8, 4) is 0 Å². The van der Waals surface area contributed by atoms with Crippen LogP contribution in [0.1, 0.15) is 10.4 Å². The first-order chi connectivity index (χ1) is 12.2. The number of carbonyl (C=O) groups excluding carboxylic acids is 2. The standard InChI is InChI=1S/C17H22N2O6S.ClH/c1-18(26(3,22)23)14-6-4-12(5-7-14)15(20)19-8-13-9-25-11-17(13,10-19)16(21)24-2;/h4-7,13H,8-11H2,1-3H3;1H/t13-,17-;/m0./s1. The van der Waals surface area contributed by atoms with E-state index in [0.717, 1.165) is 10.6 Å². The highest BCUT2D eigenvalue weighted by Crippen LogP contribution is 2.42. The minimum Gasteiger partial charge on any atom is -0.468 e. The Kier molecular flexibility index (Phi) is 6.08. The molecule has 1 amide bonds. The molecule has 8 nitrogen and oxygen atoms in total. The average molecular weight is 419 g/mol. The Morgan fingerprint density at radius 1 is 1.30 bits per heavy atom. The summed E-state index contributed by atoms with van der Waals surface area (Å²) < 4.78 is 34.7. The smallest absolute Gasteiger partial charge is 0.316 e. The Labute approximate surface area is 164 Å². The van der Waals surface area contributed by atoms with Gasteiger partial charge in [0.25, 0.3) is 5.91 Å². The summed E-state index contributed by atoms with van der Waals surface area (Å²) in [6.07, 6.45) is 1.11. The molecule has 10 heteroatoms. The van der Waals surface area contributed by atoms with Gasteiger partial charge in [0, 0.05) is 31.6 Å². The number of ether oxygens (including phenoxy) is 2. The van der Waals surface area contributed by atoms with E-state index in [2.05, 4.69) is 0 Å². The number of carbonyl (C=O) groups is 2. The summed E-state index contributed by atoms with van der Waals surface area (Å²) in [6, 6.07) is 6.36. The van der Waals surface area contributed by atoms with Crippen molar-refractivity contribution >= 4 is 40.0 Å². The number of hydrogen-bond acceptors (Lipinski definition) is 6. The molecule has 2 saturated heterocycles. The lowest BCUT2D eigenvalue weighted by Gasteiger charge is -2.24. The molecule has 0 unspecified atom stereocenters. The number of halogens is 1. The van der Waals surface area contributed by atoms with Crippen LogP contribution in [-0.2, 0) is 24.3 Å². The quantitative estimate of drug-likeness (QED) is 0.670. The van der Waals surface area contributed by atoms with Crippen LogP contribution in [0.25, 0.3) is 0 Å². The molecule has 2 heterocycles. The number of hydrogen-bond donors (Lipinski definition) is 0. The van der Waals surface area contributed by atoms with Crippen molar-refractivity contribution in [2.75, 3.05) is 51.0 Å². The minimum absolute atomic E-state index is 0. The monoisotopic (exact) mass is 418 g/mol. The minimum atomic E-state index is -3.36. The molecule has 0 bridgehead atoms. The highest BCUT2D eigenvalue weighted by molar-refractivity contribution is 7.92. The van der Waals surface area contributed by atoms with Crippen LogP contribution in [0.5, 0.6) is 0 Å². The van der Waals surface area contributed by atoms with Gasteiger partial charge in [-0.1, -0.05) is 0 Å². The number of rotatable bonds is 4. The van der Waals surface area contributed by atoms with Gasteiger partial charge in [-0.3, -0.25) is 13.9 Å². The van der Waals surface area contributed by atoms with Crippen LogP contribution in [0.4, 0.5) is 5.69 Å². The Morgan fingerprint density at radius 3 is 2.48 bits per heavy atom. The number of fused-ring (bicyclic) bond motifs is 1. The van der Waals surface area contributed by atoms with E-state index in [-0.39, 0.29) is 43.4 Å². The number of nitrogens with zero attached hydrogens (tertiary/aromatic N) is 2. The largest absolute Gasteiger partial charge is 0.468 e. The summed E-state index contributed by atoms with van der Waals surface area (Å²) in [4.78, 5) is 26.7. The molecule has 2 aliphatic heterocycles. The van der Waals surface area contributed by atoms with Crippen molar-refractivity contribution in [3.63, 3.8) is 0 Å². The van der Waals surface area contributed by atoms with Crippen molar-refractivity contribution in [2.24, 2.45) is 11.3 Å². The summed E-state index contributed by atoms with van der Waals surface area (Å²) in [5.41, 5.74) is 0.124. The van der Waals surface area contributed by atoms with Gasteiger partial charge in [0.05, 0.1) is 32.3 Å². The predicted octanol–water partition coefficient (Wildman–Crippen LogP) is 0.766. The van der Waals surface area contributed by atoms with Crippen LogP contribution in [0.3, 0.4) is 0 Å². The third-order valence-corrected chi connectivity index (χ3v) is 6.43. The Hall–Kier alpha value is -1.84. The lowest BCUT2D eigenvalue weighted by molar-refractivity contribution is -0.153. The Bertz CT molecular complexity index is 828. The van der Waals surface area contributed by atoms with Gasteiger partial charge in [0.15, 0.2) is 0 Å². The molecule has 27 heavy (non-hydrogen) atoms. The van der Waals surface area contributed by atoms with Crippen molar-refractivity contribution in [3.05, 3.63) is 29.8 Å². The first-order valence-electron chi connectivity index (χ1n) is 8.18. The summed E-state index contributed by atoms with van der Waals surface area (Å²) in [7, 11) is -0.569. The van der Waals surface area contributed by atoms with Gasteiger partial charge in [-0.25, -0.2) is 8.42 Å². The molecule has 0 aromatic heterocycles. The lowest BCUT2D eigenvalue weighted by Crippen LogP contribution is -2.41. The zero-order valence-corrected chi connectivity index (χ0v) is 17.0. The molecule has 2 atom stereocenters. The predicted molar refractivity (Wildman–Crippen MR) is 102 cm³/mol.